The minimum absolute atomic E-state index is 0.312. The first-order valence-corrected chi connectivity index (χ1v) is 2.87. The molecule has 0 heterocycles. The summed E-state index contributed by atoms with van der Waals surface area (Å²) in [6, 6.07) is 0. The van der Waals surface area contributed by atoms with E-state index < -0.39 is 25.2 Å². The second kappa shape index (κ2) is 5.64. The molecule has 1 radical (unpaired) electrons. The standard InChI is InChI=1S/C6H8FO4/c1-5(8)11-4-6(9)10-3-2-7/h1-4H2. The molecule has 0 rings (SSSR count). The van der Waals surface area contributed by atoms with Gasteiger partial charge in [0.15, 0.2) is 6.61 Å². The van der Waals surface area contributed by atoms with Crippen LogP contribution in [-0.4, -0.2) is 31.8 Å². The third-order valence-electron chi connectivity index (χ3n) is 0.691. The van der Waals surface area contributed by atoms with E-state index in [9.17, 15) is 14.0 Å². The Bertz CT molecular complexity index is 146. The number of esters is 2. The van der Waals surface area contributed by atoms with Crippen LogP contribution < -0.4 is 0 Å². The van der Waals surface area contributed by atoms with Crippen molar-refractivity contribution in [1.29, 1.82) is 0 Å². The zero-order valence-corrected chi connectivity index (χ0v) is 5.84. The van der Waals surface area contributed by atoms with Gasteiger partial charge in [0.25, 0.3) is 0 Å². The number of alkyl halides is 1. The third kappa shape index (κ3) is 6.76. The molecule has 0 aliphatic rings. The van der Waals surface area contributed by atoms with Gasteiger partial charge in [-0.25, -0.2) is 9.18 Å². The lowest BCUT2D eigenvalue weighted by molar-refractivity contribution is -0.156. The van der Waals surface area contributed by atoms with Crippen LogP contribution in [0.2, 0.25) is 0 Å². The summed E-state index contributed by atoms with van der Waals surface area (Å²) in [5.41, 5.74) is 0. The highest BCUT2D eigenvalue weighted by atomic mass is 19.1. The van der Waals surface area contributed by atoms with Gasteiger partial charge >= 0.3 is 11.9 Å². The van der Waals surface area contributed by atoms with Crippen LogP contribution in [0.3, 0.4) is 0 Å². The van der Waals surface area contributed by atoms with Crippen molar-refractivity contribution in [3.8, 4) is 0 Å². The number of carbonyl (C=O) groups excluding carboxylic acids is 2. The van der Waals surface area contributed by atoms with Gasteiger partial charge in [0.2, 0.25) is 0 Å². The summed E-state index contributed by atoms with van der Waals surface area (Å²) in [6.07, 6.45) is 0. The molecule has 0 saturated carbocycles. The summed E-state index contributed by atoms with van der Waals surface area (Å²) >= 11 is 0. The van der Waals surface area contributed by atoms with E-state index in [4.69, 9.17) is 0 Å². The van der Waals surface area contributed by atoms with Crippen molar-refractivity contribution < 1.29 is 23.5 Å². The summed E-state index contributed by atoms with van der Waals surface area (Å²) < 4.78 is 19.7. The fourth-order valence-corrected chi connectivity index (χ4v) is 0.333. The molecule has 0 aromatic rings. The molecule has 0 aromatic heterocycles. The van der Waals surface area contributed by atoms with Crippen LogP contribution in [0.5, 0.6) is 0 Å². The van der Waals surface area contributed by atoms with Gasteiger partial charge in [-0.1, -0.05) is 0 Å². The van der Waals surface area contributed by atoms with Gasteiger partial charge < -0.3 is 9.47 Å². The Morgan fingerprint density at radius 3 is 2.45 bits per heavy atom. The van der Waals surface area contributed by atoms with Crippen LogP contribution in [0.1, 0.15) is 0 Å². The topological polar surface area (TPSA) is 52.6 Å². The smallest absolute Gasteiger partial charge is 0.344 e. The van der Waals surface area contributed by atoms with Gasteiger partial charge in [0, 0.05) is 0 Å². The number of hydrogen-bond donors (Lipinski definition) is 0. The molecule has 0 bridgehead atoms. The number of ether oxygens (including phenoxy) is 2. The predicted molar refractivity (Wildman–Crippen MR) is 33.2 cm³/mol. The molecule has 4 nitrogen and oxygen atoms in total. The summed E-state index contributed by atoms with van der Waals surface area (Å²) in [5.74, 6) is -1.60. The highest BCUT2D eigenvalue weighted by Crippen LogP contribution is 1.82. The van der Waals surface area contributed by atoms with Crippen molar-refractivity contribution in [2.75, 3.05) is 19.9 Å². The highest BCUT2D eigenvalue weighted by molar-refractivity contribution is 5.78. The SMILES string of the molecule is [CH2]C(=O)OCC(=O)OCCF. The van der Waals surface area contributed by atoms with Crippen LogP contribution in [0.25, 0.3) is 0 Å². The average molecular weight is 163 g/mol. The molecule has 11 heavy (non-hydrogen) atoms. The van der Waals surface area contributed by atoms with E-state index >= 15 is 0 Å². The van der Waals surface area contributed by atoms with Crippen LogP contribution >= 0.6 is 0 Å². The minimum Gasteiger partial charge on any atom is -0.460 e. The number of halogens is 1. The average Bonchev–Trinajstić information content (AvgIpc) is 1.97. The number of carbonyl (C=O) groups is 2. The molecular formula is C6H8FO4. The van der Waals surface area contributed by atoms with Crippen LogP contribution in [-0.2, 0) is 19.1 Å². The van der Waals surface area contributed by atoms with Crippen LogP contribution in [0.15, 0.2) is 0 Å². The van der Waals surface area contributed by atoms with E-state index in [-0.39, 0.29) is 6.61 Å². The number of rotatable bonds is 4. The highest BCUT2D eigenvalue weighted by Gasteiger charge is 2.03. The zero-order valence-electron chi connectivity index (χ0n) is 5.84. The lowest BCUT2D eigenvalue weighted by atomic mass is 10.7. The molecule has 0 aliphatic carbocycles. The van der Waals surface area contributed by atoms with E-state index in [0.29, 0.717) is 0 Å². The molecule has 0 spiro atoms. The molecule has 0 aromatic carbocycles. The Kier molecular flexibility index (Phi) is 5.06. The van der Waals surface area contributed by atoms with Gasteiger partial charge in [0.05, 0.1) is 6.92 Å². The maximum atomic E-state index is 11.4. The van der Waals surface area contributed by atoms with E-state index in [1.165, 1.54) is 0 Å². The van der Waals surface area contributed by atoms with Gasteiger partial charge in [-0.3, -0.25) is 4.79 Å². The van der Waals surface area contributed by atoms with Gasteiger partial charge in [0.1, 0.15) is 13.3 Å². The Balaban J connectivity index is 3.30. The zero-order chi connectivity index (χ0) is 8.69. The molecular weight excluding hydrogens is 155 g/mol. The summed E-state index contributed by atoms with van der Waals surface area (Å²) in [4.78, 5) is 20.4. The fraction of sp³-hybridized carbons (Fsp3) is 0.500. The maximum Gasteiger partial charge on any atom is 0.344 e. The Hall–Kier alpha value is -1.13. The van der Waals surface area contributed by atoms with E-state index in [1.54, 1.807) is 0 Å². The minimum atomic E-state index is -0.817. The maximum absolute atomic E-state index is 11.4. The first-order chi connectivity index (χ1) is 5.16. The first kappa shape index (κ1) is 9.87. The van der Waals surface area contributed by atoms with Crippen molar-refractivity contribution in [3.05, 3.63) is 6.92 Å². The normalized spacial score (nSPS) is 8.91. The first-order valence-electron chi connectivity index (χ1n) is 2.87. The molecule has 63 valence electrons. The molecule has 0 saturated heterocycles. The van der Waals surface area contributed by atoms with Gasteiger partial charge in [-0.15, -0.1) is 0 Å². The molecule has 0 unspecified atom stereocenters. The summed E-state index contributed by atoms with van der Waals surface area (Å²) in [6.45, 7) is 1.28. The Labute approximate surface area is 63.3 Å². The largest absolute Gasteiger partial charge is 0.460 e. The second-order valence-corrected chi connectivity index (χ2v) is 1.57. The quantitative estimate of drug-likeness (QED) is 0.542. The fourth-order valence-electron chi connectivity index (χ4n) is 0.333. The van der Waals surface area contributed by atoms with Crippen LogP contribution in [0.4, 0.5) is 4.39 Å². The molecule has 0 N–H and O–H groups in total. The summed E-state index contributed by atoms with van der Waals surface area (Å²) in [5, 5.41) is 0. The van der Waals surface area contributed by atoms with Crippen molar-refractivity contribution in [1.82, 2.24) is 0 Å². The third-order valence-corrected chi connectivity index (χ3v) is 0.691. The lowest BCUT2D eigenvalue weighted by Gasteiger charge is -2.01. The second-order valence-electron chi connectivity index (χ2n) is 1.57. The van der Waals surface area contributed by atoms with Gasteiger partial charge in [-0.05, 0) is 0 Å². The molecule has 0 atom stereocenters. The molecule has 0 amide bonds. The van der Waals surface area contributed by atoms with Crippen LogP contribution in [0, 0.1) is 6.92 Å². The number of hydrogen-bond acceptors (Lipinski definition) is 4. The van der Waals surface area contributed by atoms with E-state index in [1.807, 2.05) is 0 Å². The predicted octanol–water partition coefficient (Wildman–Crippen LogP) is -0.124. The van der Waals surface area contributed by atoms with Crippen molar-refractivity contribution in [3.63, 3.8) is 0 Å². The monoisotopic (exact) mass is 163 g/mol. The van der Waals surface area contributed by atoms with E-state index in [2.05, 4.69) is 16.4 Å². The van der Waals surface area contributed by atoms with Crippen molar-refractivity contribution in [2.45, 2.75) is 0 Å². The van der Waals surface area contributed by atoms with Crippen molar-refractivity contribution >= 4 is 11.9 Å². The molecule has 5 heteroatoms. The Morgan fingerprint density at radius 2 is 2.00 bits per heavy atom. The lowest BCUT2D eigenvalue weighted by Crippen LogP contribution is -2.15. The summed E-state index contributed by atoms with van der Waals surface area (Å²) in [7, 11) is 0. The Morgan fingerprint density at radius 1 is 1.36 bits per heavy atom. The van der Waals surface area contributed by atoms with Gasteiger partial charge in [-0.2, -0.15) is 0 Å². The van der Waals surface area contributed by atoms with E-state index in [0.717, 1.165) is 0 Å². The molecule has 0 fully saturated rings. The molecule has 0 aliphatic heterocycles. The van der Waals surface area contributed by atoms with Crippen molar-refractivity contribution in [2.24, 2.45) is 0 Å².